The zero-order valence-electron chi connectivity index (χ0n) is 11.2. The molecule has 0 aromatic heterocycles. The van der Waals surface area contributed by atoms with Crippen LogP contribution in [0.3, 0.4) is 0 Å². The number of imide groups is 1. The maximum Gasteiger partial charge on any atom is 0.261 e. The van der Waals surface area contributed by atoms with Crippen molar-refractivity contribution in [2.24, 2.45) is 0 Å². The molecule has 0 fully saturated rings. The first-order chi connectivity index (χ1) is 8.78. The number of amides is 2. The number of aliphatic hydroxyl groups excluding tert-OH is 1. The lowest BCUT2D eigenvalue weighted by molar-refractivity contribution is -0.0175. The standard InChI is InChI=1S/C14H17NO4/c1-8-4-5-9(2)11-10(8)12(17)15(13(11)18)6-14(3,19)7-16/h4-5,16,19H,6-7H2,1-3H3. The highest BCUT2D eigenvalue weighted by atomic mass is 16.3. The van der Waals surface area contributed by atoms with Crippen LogP contribution in [0.4, 0.5) is 0 Å². The molecule has 5 heteroatoms. The van der Waals surface area contributed by atoms with Gasteiger partial charge in [-0.1, -0.05) is 12.1 Å². The van der Waals surface area contributed by atoms with Crippen molar-refractivity contribution in [2.75, 3.05) is 13.2 Å². The number of aliphatic hydroxyl groups is 2. The third kappa shape index (κ3) is 2.15. The summed E-state index contributed by atoms with van der Waals surface area (Å²) in [6.45, 7) is 4.21. The smallest absolute Gasteiger partial charge is 0.261 e. The van der Waals surface area contributed by atoms with Gasteiger partial charge in [-0.3, -0.25) is 14.5 Å². The number of carbonyl (C=O) groups excluding carboxylic acids is 2. The lowest BCUT2D eigenvalue weighted by Crippen LogP contribution is -2.46. The van der Waals surface area contributed by atoms with Crippen molar-refractivity contribution >= 4 is 11.8 Å². The van der Waals surface area contributed by atoms with Crippen molar-refractivity contribution in [2.45, 2.75) is 26.4 Å². The quantitative estimate of drug-likeness (QED) is 0.785. The lowest BCUT2D eigenvalue weighted by Gasteiger charge is -2.25. The molecular formula is C14H17NO4. The fourth-order valence-electron chi connectivity index (χ4n) is 2.26. The first-order valence-corrected chi connectivity index (χ1v) is 6.08. The van der Waals surface area contributed by atoms with E-state index in [1.165, 1.54) is 6.92 Å². The van der Waals surface area contributed by atoms with Gasteiger partial charge < -0.3 is 10.2 Å². The number of hydrogen-bond acceptors (Lipinski definition) is 4. The summed E-state index contributed by atoms with van der Waals surface area (Å²) in [5.74, 6) is -0.815. The Morgan fingerprint density at radius 1 is 1.11 bits per heavy atom. The van der Waals surface area contributed by atoms with E-state index in [-0.39, 0.29) is 6.54 Å². The Morgan fingerprint density at radius 2 is 1.53 bits per heavy atom. The van der Waals surface area contributed by atoms with Gasteiger partial charge in [-0.15, -0.1) is 0 Å². The Labute approximate surface area is 111 Å². The molecule has 1 atom stereocenters. The Bertz CT molecular complexity index is 522. The van der Waals surface area contributed by atoms with Gasteiger partial charge >= 0.3 is 0 Å². The van der Waals surface area contributed by atoms with Crippen LogP contribution >= 0.6 is 0 Å². The van der Waals surface area contributed by atoms with Gasteiger partial charge in [-0.25, -0.2) is 0 Å². The van der Waals surface area contributed by atoms with Gasteiger partial charge in [0.15, 0.2) is 0 Å². The van der Waals surface area contributed by atoms with Crippen LogP contribution in [-0.2, 0) is 0 Å². The van der Waals surface area contributed by atoms with Gasteiger partial charge in [-0.2, -0.15) is 0 Å². The first-order valence-electron chi connectivity index (χ1n) is 6.08. The van der Waals surface area contributed by atoms with E-state index in [4.69, 9.17) is 5.11 Å². The minimum absolute atomic E-state index is 0.214. The molecule has 2 amide bonds. The summed E-state index contributed by atoms with van der Waals surface area (Å²) in [7, 11) is 0. The molecule has 1 aromatic carbocycles. The molecule has 2 rings (SSSR count). The largest absolute Gasteiger partial charge is 0.393 e. The average molecular weight is 263 g/mol. The fraction of sp³-hybridized carbons (Fsp3) is 0.429. The number of fused-ring (bicyclic) bond motifs is 1. The Hall–Kier alpha value is -1.72. The monoisotopic (exact) mass is 263 g/mol. The number of carbonyl (C=O) groups is 2. The molecule has 0 spiro atoms. The molecule has 19 heavy (non-hydrogen) atoms. The summed E-state index contributed by atoms with van der Waals surface area (Å²) >= 11 is 0. The lowest BCUT2D eigenvalue weighted by atomic mass is 9.99. The van der Waals surface area contributed by atoms with E-state index in [0.29, 0.717) is 11.1 Å². The highest BCUT2D eigenvalue weighted by molar-refractivity contribution is 6.22. The van der Waals surface area contributed by atoms with Gasteiger partial charge in [0.05, 0.1) is 24.3 Å². The second-order valence-corrected chi connectivity index (χ2v) is 5.30. The average Bonchev–Trinajstić information content (AvgIpc) is 2.59. The molecule has 1 aliphatic heterocycles. The van der Waals surface area contributed by atoms with E-state index < -0.39 is 24.0 Å². The highest BCUT2D eigenvalue weighted by Gasteiger charge is 2.40. The molecule has 0 saturated heterocycles. The number of aryl methyl sites for hydroxylation is 2. The van der Waals surface area contributed by atoms with Gasteiger partial charge in [-0.05, 0) is 31.9 Å². The van der Waals surface area contributed by atoms with E-state index in [2.05, 4.69) is 0 Å². The zero-order chi connectivity index (χ0) is 14.4. The predicted molar refractivity (Wildman–Crippen MR) is 69.0 cm³/mol. The molecule has 1 aliphatic rings. The summed E-state index contributed by atoms with van der Waals surface area (Å²) in [5.41, 5.74) is 0.794. The molecule has 0 bridgehead atoms. The molecule has 1 heterocycles. The second-order valence-electron chi connectivity index (χ2n) is 5.30. The van der Waals surface area contributed by atoms with Crippen molar-refractivity contribution in [1.82, 2.24) is 4.90 Å². The maximum atomic E-state index is 12.3. The van der Waals surface area contributed by atoms with E-state index in [1.54, 1.807) is 26.0 Å². The third-order valence-electron chi connectivity index (χ3n) is 3.38. The van der Waals surface area contributed by atoms with E-state index in [9.17, 15) is 14.7 Å². The molecule has 1 aromatic rings. The molecule has 1 unspecified atom stereocenters. The molecular weight excluding hydrogens is 246 g/mol. The van der Waals surface area contributed by atoms with Crippen LogP contribution in [0.2, 0.25) is 0 Å². The van der Waals surface area contributed by atoms with E-state index >= 15 is 0 Å². The molecule has 5 nitrogen and oxygen atoms in total. The van der Waals surface area contributed by atoms with Crippen LogP contribution in [-0.4, -0.2) is 45.7 Å². The van der Waals surface area contributed by atoms with Crippen LogP contribution in [0.15, 0.2) is 12.1 Å². The SMILES string of the molecule is Cc1ccc(C)c2c1C(=O)N(CC(C)(O)CO)C2=O. The molecule has 0 aliphatic carbocycles. The summed E-state index contributed by atoms with van der Waals surface area (Å²) in [4.78, 5) is 25.6. The summed E-state index contributed by atoms with van der Waals surface area (Å²) in [6.07, 6.45) is 0. The van der Waals surface area contributed by atoms with Gasteiger partial charge in [0, 0.05) is 0 Å². The number of nitrogens with zero attached hydrogens (tertiary/aromatic N) is 1. The Kier molecular flexibility index (Phi) is 3.20. The normalized spacial score (nSPS) is 17.6. The number of benzene rings is 1. The Morgan fingerprint density at radius 3 is 1.89 bits per heavy atom. The number of rotatable bonds is 3. The van der Waals surface area contributed by atoms with E-state index in [0.717, 1.165) is 16.0 Å². The minimum Gasteiger partial charge on any atom is -0.393 e. The van der Waals surface area contributed by atoms with Gasteiger partial charge in [0.25, 0.3) is 11.8 Å². The predicted octanol–water partition coefficient (Wildman–Crippen LogP) is 0.643. The van der Waals surface area contributed by atoms with Gasteiger partial charge in [0.2, 0.25) is 0 Å². The van der Waals surface area contributed by atoms with Crippen molar-refractivity contribution in [3.8, 4) is 0 Å². The number of β-amino-alcohol motifs (C(OH)–C–C–N with tert-alkyl or cyclic N) is 1. The maximum absolute atomic E-state index is 12.3. The van der Waals surface area contributed by atoms with Crippen LogP contribution < -0.4 is 0 Å². The molecule has 102 valence electrons. The number of hydrogen-bond donors (Lipinski definition) is 2. The highest BCUT2D eigenvalue weighted by Crippen LogP contribution is 2.29. The van der Waals surface area contributed by atoms with Crippen LogP contribution in [0.25, 0.3) is 0 Å². The van der Waals surface area contributed by atoms with Crippen LogP contribution in [0.5, 0.6) is 0 Å². The fourth-order valence-corrected chi connectivity index (χ4v) is 2.26. The molecule has 0 saturated carbocycles. The topological polar surface area (TPSA) is 77.8 Å². The molecule has 0 radical (unpaired) electrons. The zero-order valence-corrected chi connectivity index (χ0v) is 11.2. The van der Waals surface area contributed by atoms with Crippen LogP contribution in [0.1, 0.15) is 38.8 Å². The summed E-state index contributed by atoms with van der Waals surface area (Å²) in [6, 6.07) is 3.60. The Balaban J connectivity index is 2.45. The summed E-state index contributed by atoms with van der Waals surface area (Å²) < 4.78 is 0. The molecule has 2 N–H and O–H groups in total. The first kappa shape index (κ1) is 13.7. The van der Waals surface area contributed by atoms with E-state index in [1.807, 2.05) is 0 Å². The van der Waals surface area contributed by atoms with Crippen molar-refractivity contribution in [3.05, 3.63) is 34.4 Å². The van der Waals surface area contributed by atoms with Crippen molar-refractivity contribution < 1.29 is 19.8 Å². The minimum atomic E-state index is -1.49. The summed E-state index contributed by atoms with van der Waals surface area (Å²) in [5, 5.41) is 18.9. The van der Waals surface area contributed by atoms with Crippen molar-refractivity contribution in [1.29, 1.82) is 0 Å². The van der Waals surface area contributed by atoms with Crippen LogP contribution in [0, 0.1) is 13.8 Å². The van der Waals surface area contributed by atoms with Crippen molar-refractivity contribution in [3.63, 3.8) is 0 Å². The third-order valence-corrected chi connectivity index (χ3v) is 3.38. The van der Waals surface area contributed by atoms with Gasteiger partial charge in [0.1, 0.15) is 5.60 Å². The second kappa shape index (κ2) is 4.43.